The van der Waals surface area contributed by atoms with Crippen LogP contribution in [0.2, 0.25) is 0 Å². The van der Waals surface area contributed by atoms with E-state index in [2.05, 4.69) is 15.6 Å². The maximum atomic E-state index is 13.7. The zero-order valence-corrected chi connectivity index (χ0v) is 15.2. The summed E-state index contributed by atoms with van der Waals surface area (Å²) in [5.41, 5.74) is 0.0735. The summed E-state index contributed by atoms with van der Waals surface area (Å²) in [5.74, 6) is -1.13. The number of aliphatic hydroxyl groups is 1. The van der Waals surface area contributed by atoms with Crippen LogP contribution in [-0.4, -0.2) is 30.7 Å². The molecule has 1 unspecified atom stereocenters. The average molecular weight is 367 g/mol. The monoisotopic (exact) mass is 367 g/mol. The van der Waals surface area contributed by atoms with Crippen LogP contribution in [0.4, 0.5) is 8.78 Å². The molecule has 0 aliphatic heterocycles. The Balaban J connectivity index is 1.95. The minimum absolute atomic E-state index is 0.188. The molecule has 0 amide bonds. The van der Waals surface area contributed by atoms with Crippen molar-refractivity contribution in [3.63, 3.8) is 0 Å². The third-order valence-corrected chi connectivity index (χ3v) is 4.43. The summed E-state index contributed by atoms with van der Waals surface area (Å²) in [6, 6.07) is 6.02. The van der Waals surface area contributed by atoms with Crippen molar-refractivity contribution in [1.82, 2.24) is 10.6 Å². The van der Waals surface area contributed by atoms with Gasteiger partial charge in [0, 0.05) is 13.1 Å². The minimum atomic E-state index is -1.06. The van der Waals surface area contributed by atoms with Crippen molar-refractivity contribution in [3.05, 3.63) is 57.8 Å². The number of hydrogen-bond donors (Lipinski definition) is 3. The second-order valence-corrected chi connectivity index (χ2v) is 6.65. The van der Waals surface area contributed by atoms with Crippen LogP contribution < -0.4 is 10.6 Å². The van der Waals surface area contributed by atoms with Gasteiger partial charge in [-0.3, -0.25) is 0 Å². The molecule has 0 spiro atoms. The molecule has 0 saturated heterocycles. The smallest absolute Gasteiger partial charge is 0.191 e. The number of nitrogens with one attached hydrogen (secondary N) is 2. The number of benzene rings is 1. The van der Waals surface area contributed by atoms with E-state index in [0.29, 0.717) is 31.0 Å². The lowest BCUT2D eigenvalue weighted by Crippen LogP contribution is -2.39. The maximum Gasteiger partial charge on any atom is 0.191 e. The van der Waals surface area contributed by atoms with Crippen molar-refractivity contribution in [2.45, 2.75) is 25.9 Å². The minimum Gasteiger partial charge on any atom is -0.383 e. The highest BCUT2D eigenvalue weighted by Gasteiger charge is 2.23. The third-order valence-electron chi connectivity index (χ3n) is 3.75. The van der Waals surface area contributed by atoms with Crippen molar-refractivity contribution in [1.29, 1.82) is 0 Å². The molecule has 3 N–H and O–H groups in total. The number of hydrogen-bond acceptors (Lipinski definition) is 3. The molecule has 1 aromatic carbocycles. The van der Waals surface area contributed by atoms with Gasteiger partial charge in [-0.05, 0) is 54.3 Å². The van der Waals surface area contributed by atoms with Gasteiger partial charge in [0.25, 0.3) is 0 Å². The van der Waals surface area contributed by atoms with E-state index >= 15 is 0 Å². The van der Waals surface area contributed by atoms with Crippen LogP contribution in [-0.2, 0) is 12.0 Å². The van der Waals surface area contributed by atoms with E-state index in [4.69, 9.17) is 0 Å². The lowest BCUT2D eigenvalue weighted by molar-refractivity contribution is 0.0677. The van der Waals surface area contributed by atoms with Crippen molar-refractivity contribution >= 4 is 17.3 Å². The lowest BCUT2D eigenvalue weighted by Gasteiger charge is -2.21. The quantitative estimate of drug-likeness (QED) is 0.521. The summed E-state index contributed by atoms with van der Waals surface area (Å²) in [7, 11) is 0. The molecule has 0 radical (unpaired) electrons. The molecule has 0 bridgehead atoms. The van der Waals surface area contributed by atoms with Crippen LogP contribution in [0, 0.1) is 11.6 Å². The van der Waals surface area contributed by atoms with Crippen molar-refractivity contribution in [2.75, 3.05) is 19.6 Å². The molecule has 25 heavy (non-hydrogen) atoms. The molecule has 136 valence electrons. The molecule has 0 saturated carbocycles. The average Bonchev–Trinajstić information content (AvgIpc) is 3.12. The van der Waals surface area contributed by atoms with Gasteiger partial charge in [0.15, 0.2) is 17.6 Å². The molecule has 0 aliphatic carbocycles. The van der Waals surface area contributed by atoms with Crippen molar-refractivity contribution in [2.24, 2.45) is 4.99 Å². The van der Waals surface area contributed by atoms with Gasteiger partial charge in [0.1, 0.15) is 5.60 Å². The molecule has 0 aliphatic rings. The van der Waals surface area contributed by atoms with Gasteiger partial charge in [0.2, 0.25) is 0 Å². The Kier molecular flexibility index (Phi) is 6.90. The predicted octanol–water partition coefficient (Wildman–Crippen LogP) is 3.03. The lowest BCUT2D eigenvalue weighted by atomic mass is 10.00. The number of guanidine groups is 1. The largest absolute Gasteiger partial charge is 0.383 e. The fraction of sp³-hybridized carbons (Fsp3) is 0.389. The molecule has 2 aromatic rings. The van der Waals surface area contributed by atoms with Gasteiger partial charge in [-0.15, -0.1) is 0 Å². The molecule has 4 nitrogen and oxygen atoms in total. The highest BCUT2D eigenvalue weighted by atomic mass is 32.1. The second-order valence-electron chi connectivity index (χ2n) is 5.87. The normalized spacial score (nSPS) is 14.2. The van der Waals surface area contributed by atoms with Crippen LogP contribution in [0.5, 0.6) is 0 Å². The zero-order chi connectivity index (χ0) is 18.3. The standard InChI is InChI=1S/C18H23F2N3OS/c1-3-21-17(23-12-18(2,24)14-8-10-25-11-14)22-9-7-13-5-4-6-15(19)16(13)20/h4-6,8,10-11,24H,3,7,9,12H2,1-2H3,(H2,21,22,23). The van der Waals surface area contributed by atoms with Crippen molar-refractivity contribution in [3.8, 4) is 0 Å². The van der Waals surface area contributed by atoms with Gasteiger partial charge >= 0.3 is 0 Å². The Morgan fingerprint density at radius 1 is 1.28 bits per heavy atom. The highest BCUT2D eigenvalue weighted by molar-refractivity contribution is 7.08. The number of halogens is 2. The van der Waals surface area contributed by atoms with Crippen LogP contribution in [0.15, 0.2) is 40.0 Å². The number of rotatable bonds is 7. The Morgan fingerprint density at radius 3 is 2.76 bits per heavy atom. The van der Waals surface area contributed by atoms with E-state index in [-0.39, 0.29) is 6.54 Å². The van der Waals surface area contributed by atoms with Gasteiger partial charge in [-0.25, -0.2) is 13.8 Å². The Hall–Kier alpha value is -1.99. The predicted molar refractivity (Wildman–Crippen MR) is 97.9 cm³/mol. The molecular formula is C18H23F2N3OS. The fourth-order valence-corrected chi connectivity index (χ4v) is 3.08. The Bertz CT molecular complexity index is 702. The van der Waals surface area contributed by atoms with Gasteiger partial charge < -0.3 is 15.7 Å². The van der Waals surface area contributed by atoms with E-state index in [1.165, 1.54) is 17.4 Å². The Labute approximate surface area is 150 Å². The van der Waals surface area contributed by atoms with Crippen molar-refractivity contribution < 1.29 is 13.9 Å². The molecule has 1 aromatic heterocycles. The molecule has 2 rings (SSSR count). The van der Waals surface area contributed by atoms with Crippen LogP contribution in [0.3, 0.4) is 0 Å². The van der Waals surface area contributed by atoms with Gasteiger partial charge in [-0.2, -0.15) is 11.3 Å². The SMILES string of the molecule is CCNC(=NCC(C)(O)c1ccsc1)NCCc1cccc(F)c1F. The summed E-state index contributed by atoms with van der Waals surface area (Å²) in [4.78, 5) is 4.39. The first kappa shape index (κ1) is 19.3. The summed E-state index contributed by atoms with van der Waals surface area (Å²) in [6.45, 7) is 4.88. The first-order valence-corrected chi connectivity index (χ1v) is 9.08. The maximum absolute atomic E-state index is 13.7. The molecule has 1 atom stereocenters. The van der Waals surface area contributed by atoms with Gasteiger partial charge in [-0.1, -0.05) is 12.1 Å². The molecule has 1 heterocycles. The Morgan fingerprint density at radius 2 is 2.08 bits per heavy atom. The topological polar surface area (TPSA) is 56.7 Å². The van der Waals surface area contributed by atoms with E-state index in [0.717, 1.165) is 11.6 Å². The van der Waals surface area contributed by atoms with E-state index in [1.54, 1.807) is 13.0 Å². The first-order chi connectivity index (χ1) is 11.9. The first-order valence-electron chi connectivity index (χ1n) is 8.14. The van der Waals surface area contributed by atoms with Crippen LogP contribution in [0.1, 0.15) is 25.0 Å². The second kappa shape index (κ2) is 8.92. The van der Waals surface area contributed by atoms with E-state index < -0.39 is 17.2 Å². The zero-order valence-electron chi connectivity index (χ0n) is 14.4. The van der Waals surface area contributed by atoms with E-state index in [1.807, 2.05) is 23.8 Å². The summed E-state index contributed by atoms with van der Waals surface area (Å²) < 4.78 is 26.9. The van der Waals surface area contributed by atoms with Crippen LogP contribution >= 0.6 is 11.3 Å². The van der Waals surface area contributed by atoms with Gasteiger partial charge in [0.05, 0.1) is 6.54 Å². The summed E-state index contributed by atoms with van der Waals surface area (Å²) in [6.07, 6.45) is 0.328. The molecule has 0 fully saturated rings. The fourth-order valence-electron chi connectivity index (χ4n) is 2.29. The molecule has 7 heteroatoms. The third kappa shape index (κ3) is 5.51. The highest BCUT2D eigenvalue weighted by Crippen LogP contribution is 2.23. The number of aliphatic imine (C=N–C) groups is 1. The number of thiophene rings is 1. The summed E-state index contributed by atoms with van der Waals surface area (Å²) >= 11 is 1.52. The van der Waals surface area contributed by atoms with Crippen LogP contribution in [0.25, 0.3) is 0 Å². The summed E-state index contributed by atoms with van der Waals surface area (Å²) in [5, 5.41) is 20.5. The number of nitrogens with zero attached hydrogens (tertiary/aromatic N) is 1. The molecular weight excluding hydrogens is 344 g/mol. The van der Waals surface area contributed by atoms with E-state index in [9.17, 15) is 13.9 Å².